The number of imidazole rings is 1. The molecule has 26 heavy (non-hydrogen) atoms. The lowest BCUT2D eigenvalue weighted by Crippen LogP contribution is -2.41. The number of carbonyl (C=O) groups is 1. The highest BCUT2D eigenvalue weighted by molar-refractivity contribution is 9.10. The Morgan fingerprint density at radius 3 is 2.65 bits per heavy atom. The van der Waals surface area contributed by atoms with Crippen molar-refractivity contribution in [2.75, 3.05) is 6.54 Å². The molecular weight excluding hydrogens is 421 g/mol. The van der Waals surface area contributed by atoms with Crippen LogP contribution in [-0.4, -0.2) is 36.3 Å². The number of fused-ring (bicyclic) bond motifs is 1. The number of carbonyl (C=O) groups excluding carboxylic acids is 1. The van der Waals surface area contributed by atoms with Crippen LogP contribution in [0.25, 0.3) is 10.7 Å². The Morgan fingerprint density at radius 2 is 2.00 bits per heavy atom. The quantitative estimate of drug-likeness (QED) is 0.613. The largest absolute Gasteiger partial charge is 0.327 e. The first-order valence-electron chi connectivity index (χ1n) is 8.09. The van der Waals surface area contributed by atoms with E-state index in [0.717, 1.165) is 22.4 Å². The third-order valence-corrected chi connectivity index (χ3v) is 5.81. The minimum absolute atomic E-state index is 0.129. The van der Waals surface area contributed by atoms with Gasteiger partial charge in [0.25, 0.3) is 5.91 Å². The van der Waals surface area contributed by atoms with Gasteiger partial charge in [-0.15, -0.1) is 0 Å². The van der Waals surface area contributed by atoms with E-state index in [-0.39, 0.29) is 17.8 Å². The maximum Gasteiger partial charge on any atom is 0.254 e. The zero-order chi connectivity index (χ0) is 18.4. The summed E-state index contributed by atoms with van der Waals surface area (Å²) in [4.78, 5) is 23.7. The second-order valence-electron chi connectivity index (χ2n) is 6.09. The first-order chi connectivity index (χ1) is 12.5. The van der Waals surface area contributed by atoms with Gasteiger partial charge >= 0.3 is 0 Å². The van der Waals surface area contributed by atoms with Crippen LogP contribution in [0.2, 0.25) is 0 Å². The van der Waals surface area contributed by atoms with Gasteiger partial charge in [0.1, 0.15) is 27.8 Å². The van der Waals surface area contributed by atoms with Gasteiger partial charge in [0.2, 0.25) is 0 Å². The molecule has 0 fully saturated rings. The third kappa shape index (κ3) is 2.84. The Labute approximate surface area is 162 Å². The number of hydrogen-bond acceptors (Lipinski definition) is 5. The van der Waals surface area contributed by atoms with E-state index in [1.807, 2.05) is 13.8 Å². The van der Waals surface area contributed by atoms with Crippen LogP contribution in [0, 0.1) is 12.7 Å². The maximum atomic E-state index is 13.1. The van der Waals surface area contributed by atoms with Crippen molar-refractivity contribution < 1.29 is 9.18 Å². The van der Waals surface area contributed by atoms with Crippen molar-refractivity contribution in [1.29, 1.82) is 0 Å². The van der Waals surface area contributed by atoms with Gasteiger partial charge in [-0.2, -0.15) is 4.37 Å². The smallest absolute Gasteiger partial charge is 0.254 e. The van der Waals surface area contributed by atoms with Crippen LogP contribution >= 0.6 is 27.5 Å². The molecule has 1 aliphatic rings. The molecule has 9 heteroatoms. The normalized spacial score (nSPS) is 16.6. The molecule has 0 aliphatic carbocycles. The summed E-state index contributed by atoms with van der Waals surface area (Å²) in [5.74, 6) is 1.03. The molecule has 6 nitrogen and oxygen atoms in total. The fourth-order valence-electron chi connectivity index (χ4n) is 3.16. The molecule has 3 aromatic rings. The number of rotatable bonds is 2. The summed E-state index contributed by atoms with van der Waals surface area (Å²) in [5.41, 5.74) is 1.36. The molecular formula is C17H15BrFN5OS. The summed E-state index contributed by atoms with van der Waals surface area (Å²) < 4.78 is 20.2. The first-order valence-corrected chi connectivity index (χ1v) is 9.65. The van der Waals surface area contributed by atoms with E-state index in [1.54, 1.807) is 4.90 Å². The predicted octanol–water partition coefficient (Wildman–Crippen LogP) is 3.83. The topological polar surface area (TPSA) is 63.9 Å². The Kier molecular flexibility index (Phi) is 4.36. The first kappa shape index (κ1) is 17.3. The van der Waals surface area contributed by atoms with Crippen molar-refractivity contribution in [1.82, 2.24) is 23.8 Å². The molecule has 4 rings (SSSR count). The van der Waals surface area contributed by atoms with Gasteiger partial charge in [-0.05, 0) is 65.6 Å². The molecule has 0 bridgehead atoms. The van der Waals surface area contributed by atoms with Gasteiger partial charge in [0.05, 0.1) is 6.04 Å². The van der Waals surface area contributed by atoms with Crippen LogP contribution in [0.4, 0.5) is 4.39 Å². The Bertz CT molecular complexity index is 984. The van der Waals surface area contributed by atoms with Crippen molar-refractivity contribution in [3.05, 3.63) is 51.9 Å². The second kappa shape index (κ2) is 6.55. The van der Waals surface area contributed by atoms with E-state index in [0.29, 0.717) is 23.3 Å². The zero-order valence-corrected chi connectivity index (χ0v) is 16.5. The van der Waals surface area contributed by atoms with Gasteiger partial charge in [-0.1, -0.05) is 0 Å². The summed E-state index contributed by atoms with van der Waals surface area (Å²) in [6, 6.07) is 5.42. The highest BCUT2D eigenvalue weighted by Crippen LogP contribution is 2.36. The molecule has 1 unspecified atom stereocenters. The molecule has 2 aromatic heterocycles. The maximum absolute atomic E-state index is 13.1. The number of aryl methyl sites for hydroxylation is 1. The molecule has 0 N–H and O–H groups in total. The van der Waals surface area contributed by atoms with Crippen molar-refractivity contribution in [2.24, 2.45) is 0 Å². The Balaban J connectivity index is 1.68. The highest BCUT2D eigenvalue weighted by Gasteiger charge is 2.33. The van der Waals surface area contributed by atoms with Gasteiger partial charge < -0.3 is 9.47 Å². The van der Waals surface area contributed by atoms with E-state index in [2.05, 4.69) is 34.8 Å². The summed E-state index contributed by atoms with van der Waals surface area (Å²) in [6.07, 6.45) is 0. The fourth-order valence-corrected chi connectivity index (χ4v) is 4.60. The van der Waals surface area contributed by atoms with E-state index in [9.17, 15) is 9.18 Å². The lowest BCUT2D eigenvalue weighted by molar-refractivity contribution is 0.0638. The van der Waals surface area contributed by atoms with E-state index >= 15 is 0 Å². The lowest BCUT2D eigenvalue weighted by atomic mass is 10.1. The minimum atomic E-state index is -0.357. The van der Waals surface area contributed by atoms with Crippen LogP contribution in [0.1, 0.15) is 35.0 Å². The predicted molar refractivity (Wildman–Crippen MR) is 99.4 cm³/mol. The van der Waals surface area contributed by atoms with Crippen molar-refractivity contribution in [3.63, 3.8) is 0 Å². The van der Waals surface area contributed by atoms with Crippen molar-refractivity contribution in [3.8, 4) is 10.7 Å². The molecule has 1 aliphatic heterocycles. The van der Waals surface area contributed by atoms with Crippen LogP contribution in [-0.2, 0) is 6.54 Å². The van der Waals surface area contributed by atoms with Crippen LogP contribution in [0.15, 0.2) is 28.9 Å². The SMILES string of the molecule is Cc1nsc(-c2c(Br)nc3n2CCN(C(=O)c2ccc(F)cc2)C3C)n1. The molecule has 1 amide bonds. The van der Waals surface area contributed by atoms with E-state index in [1.165, 1.54) is 35.8 Å². The van der Waals surface area contributed by atoms with Gasteiger partial charge in [-0.3, -0.25) is 4.79 Å². The second-order valence-corrected chi connectivity index (χ2v) is 7.59. The summed E-state index contributed by atoms with van der Waals surface area (Å²) in [6.45, 7) is 4.95. The van der Waals surface area contributed by atoms with E-state index < -0.39 is 0 Å². The zero-order valence-electron chi connectivity index (χ0n) is 14.1. The molecule has 1 aromatic carbocycles. The average molecular weight is 436 g/mol. The molecule has 134 valence electrons. The van der Waals surface area contributed by atoms with Gasteiger partial charge in [0, 0.05) is 18.7 Å². The standard InChI is InChI=1S/C17H15BrFN5OS/c1-9-15-21-14(18)13(16-20-10(2)22-26-16)24(15)8-7-23(9)17(25)11-3-5-12(19)6-4-11/h3-6,9H,7-8H2,1-2H3. The van der Waals surface area contributed by atoms with Gasteiger partial charge in [-0.25, -0.2) is 14.4 Å². The monoisotopic (exact) mass is 435 g/mol. The third-order valence-electron chi connectivity index (χ3n) is 4.44. The van der Waals surface area contributed by atoms with Gasteiger partial charge in [0.15, 0.2) is 5.01 Å². The number of hydrogen-bond donors (Lipinski definition) is 0. The van der Waals surface area contributed by atoms with Crippen LogP contribution < -0.4 is 0 Å². The number of halogens is 2. The summed E-state index contributed by atoms with van der Waals surface area (Å²) in [5, 5.41) is 0.804. The highest BCUT2D eigenvalue weighted by atomic mass is 79.9. The molecule has 0 spiro atoms. The average Bonchev–Trinajstić information content (AvgIpc) is 3.18. The Morgan fingerprint density at radius 1 is 1.27 bits per heavy atom. The van der Waals surface area contributed by atoms with Crippen molar-refractivity contribution in [2.45, 2.75) is 26.4 Å². The van der Waals surface area contributed by atoms with Crippen LogP contribution in [0.3, 0.4) is 0 Å². The van der Waals surface area contributed by atoms with Crippen LogP contribution in [0.5, 0.6) is 0 Å². The number of amides is 1. The summed E-state index contributed by atoms with van der Waals surface area (Å²) in [7, 11) is 0. The number of aromatic nitrogens is 4. The molecule has 0 radical (unpaired) electrons. The minimum Gasteiger partial charge on any atom is -0.327 e. The van der Waals surface area contributed by atoms with Crippen molar-refractivity contribution >= 4 is 33.4 Å². The fraction of sp³-hybridized carbons (Fsp3) is 0.294. The molecule has 0 saturated heterocycles. The number of benzene rings is 1. The van der Waals surface area contributed by atoms with E-state index in [4.69, 9.17) is 0 Å². The molecule has 0 saturated carbocycles. The lowest BCUT2D eigenvalue weighted by Gasteiger charge is -2.34. The number of nitrogens with zero attached hydrogens (tertiary/aromatic N) is 5. The Hall–Kier alpha value is -2.13. The molecule has 3 heterocycles. The molecule has 1 atom stereocenters. The summed E-state index contributed by atoms with van der Waals surface area (Å²) >= 11 is 4.86.